The van der Waals surface area contributed by atoms with E-state index in [4.69, 9.17) is 9.47 Å². The highest BCUT2D eigenvalue weighted by molar-refractivity contribution is 5.87. The Morgan fingerprint density at radius 2 is 2.10 bits per heavy atom. The summed E-state index contributed by atoms with van der Waals surface area (Å²) < 4.78 is 10.3. The smallest absolute Gasteiger partial charge is 0.257 e. The molecular formula is C13H18N4O3. The number of ether oxygens (including phenoxy) is 2. The zero-order valence-corrected chi connectivity index (χ0v) is 11.7. The molecule has 108 valence electrons. The Kier molecular flexibility index (Phi) is 3.21. The van der Waals surface area contributed by atoms with Gasteiger partial charge in [0, 0.05) is 38.4 Å². The summed E-state index contributed by atoms with van der Waals surface area (Å²) in [5.74, 6) is 1.28. The predicted molar refractivity (Wildman–Crippen MR) is 71.7 cm³/mol. The topological polar surface area (TPSA) is 71.1 Å². The van der Waals surface area contributed by atoms with Crippen LogP contribution in [0.2, 0.25) is 0 Å². The molecule has 2 fully saturated rings. The van der Waals surface area contributed by atoms with E-state index in [2.05, 4.69) is 14.9 Å². The average Bonchev–Trinajstić information content (AvgIpc) is 3.26. The minimum Gasteiger partial charge on any atom is -0.481 e. The molecule has 2 aliphatic rings. The normalized spacial score (nSPS) is 25.5. The van der Waals surface area contributed by atoms with Crippen molar-refractivity contribution in [1.82, 2.24) is 14.9 Å². The van der Waals surface area contributed by atoms with Gasteiger partial charge in [0.2, 0.25) is 11.8 Å². The molecule has 20 heavy (non-hydrogen) atoms. The first-order valence-electron chi connectivity index (χ1n) is 6.68. The van der Waals surface area contributed by atoms with E-state index >= 15 is 0 Å². The van der Waals surface area contributed by atoms with E-state index in [1.165, 1.54) is 0 Å². The second kappa shape index (κ2) is 4.90. The average molecular weight is 278 g/mol. The second-order valence-corrected chi connectivity index (χ2v) is 5.20. The highest BCUT2D eigenvalue weighted by Crippen LogP contribution is 2.29. The first-order valence-corrected chi connectivity index (χ1v) is 6.68. The highest BCUT2D eigenvalue weighted by atomic mass is 16.6. The predicted octanol–water partition coefficient (Wildman–Crippen LogP) is -0.0773. The van der Waals surface area contributed by atoms with Gasteiger partial charge in [-0.2, -0.15) is 4.98 Å². The first kappa shape index (κ1) is 13.1. The lowest BCUT2D eigenvalue weighted by molar-refractivity contribution is -0.136. The second-order valence-electron chi connectivity index (χ2n) is 5.20. The molecular weight excluding hydrogens is 260 g/mol. The molecule has 1 aromatic heterocycles. The molecule has 2 aliphatic heterocycles. The van der Waals surface area contributed by atoms with E-state index in [1.807, 2.05) is 11.8 Å². The number of carbonyl (C=O) groups excluding carboxylic acids is 1. The third-order valence-electron chi connectivity index (χ3n) is 3.71. The molecule has 0 N–H and O–H groups in total. The summed E-state index contributed by atoms with van der Waals surface area (Å²) in [5, 5.41) is 0. The molecule has 1 aromatic rings. The number of anilines is 1. The highest BCUT2D eigenvalue weighted by Gasteiger charge is 2.49. The van der Waals surface area contributed by atoms with Crippen LogP contribution in [0, 0.1) is 0 Å². The Morgan fingerprint density at radius 3 is 2.70 bits per heavy atom. The van der Waals surface area contributed by atoms with E-state index in [0.717, 1.165) is 13.1 Å². The van der Waals surface area contributed by atoms with Crippen LogP contribution in [0.5, 0.6) is 5.88 Å². The Bertz CT molecular complexity index is 510. The number of epoxide rings is 1. The molecule has 0 radical (unpaired) electrons. The molecule has 1 unspecified atom stereocenters. The van der Waals surface area contributed by atoms with Gasteiger partial charge in [0.15, 0.2) is 5.60 Å². The van der Waals surface area contributed by atoms with Gasteiger partial charge in [-0.15, -0.1) is 0 Å². The van der Waals surface area contributed by atoms with E-state index < -0.39 is 5.60 Å². The molecule has 7 heteroatoms. The van der Waals surface area contributed by atoms with Crippen LogP contribution in [-0.4, -0.2) is 66.3 Å². The summed E-state index contributed by atoms with van der Waals surface area (Å²) in [5.41, 5.74) is -0.575. The van der Waals surface area contributed by atoms with Gasteiger partial charge in [-0.1, -0.05) is 0 Å². The van der Waals surface area contributed by atoms with Crippen LogP contribution < -0.4 is 9.64 Å². The number of piperazine rings is 1. The van der Waals surface area contributed by atoms with Crippen molar-refractivity contribution in [2.75, 3.05) is 44.8 Å². The summed E-state index contributed by atoms with van der Waals surface area (Å²) >= 11 is 0. The lowest BCUT2D eigenvalue weighted by atomic mass is 10.1. The summed E-state index contributed by atoms with van der Waals surface area (Å²) in [6.45, 7) is 5.14. The Hall–Kier alpha value is -1.89. The molecule has 0 spiro atoms. The Balaban J connectivity index is 1.62. The summed E-state index contributed by atoms with van der Waals surface area (Å²) in [4.78, 5) is 24.6. The number of rotatable bonds is 3. The number of aromatic nitrogens is 2. The van der Waals surface area contributed by atoms with Crippen LogP contribution in [0.3, 0.4) is 0 Å². The van der Waals surface area contributed by atoms with Crippen LogP contribution in [0.25, 0.3) is 0 Å². The number of nitrogens with zero attached hydrogens (tertiary/aromatic N) is 4. The van der Waals surface area contributed by atoms with Gasteiger partial charge in [0.25, 0.3) is 5.91 Å². The fourth-order valence-electron chi connectivity index (χ4n) is 2.27. The minimum atomic E-state index is -0.575. The number of amides is 1. The standard InChI is InChI=1S/C13H18N4O3/c1-13(9-20-13)11(18)16-5-7-17(8-6-16)12-14-4-3-10(15-12)19-2/h3-4H,5-9H2,1-2H3. The molecule has 0 saturated carbocycles. The van der Waals surface area contributed by atoms with Crippen LogP contribution in [0.4, 0.5) is 5.95 Å². The Morgan fingerprint density at radius 1 is 1.40 bits per heavy atom. The number of hydrogen-bond acceptors (Lipinski definition) is 6. The van der Waals surface area contributed by atoms with Gasteiger partial charge < -0.3 is 19.3 Å². The van der Waals surface area contributed by atoms with E-state index in [-0.39, 0.29) is 5.91 Å². The lowest BCUT2D eigenvalue weighted by Gasteiger charge is -2.35. The zero-order chi connectivity index (χ0) is 14.2. The van der Waals surface area contributed by atoms with Crippen LogP contribution in [0.1, 0.15) is 6.92 Å². The number of carbonyl (C=O) groups is 1. The summed E-state index contributed by atoms with van der Waals surface area (Å²) in [6.07, 6.45) is 1.68. The first-order chi connectivity index (χ1) is 9.62. The quantitative estimate of drug-likeness (QED) is 0.720. The van der Waals surface area contributed by atoms with Gasteiger partial charge in [-0.05, 0) is 6.92 Å². The fourth-order valence-corrected chi connectivity index (χ4v) is 2.27. The summed E-state index contributed by atoms with van der Waals surface area (Å²) in [6, 6.07) is 1.72. The van der Waals surface area contributed by atoms with Gasteiger partial charge >= 0.3 is 0 Å². The largest absolute Gasteiger partial charge is 0.481 e. The molecule has 3 heterocycles. The molecule has 7 nitrogen and oxygen atoms in total. The maximum absolute atomic E-state index is 12.2. The molecule has 0 aromatic carbocycles. The minimum absolute atomic E-state index is 0.0868. The van der Waals surface area contributed by atoms with E-state index in [9.17, 15) is 4.79 Å². The number of methoxy groups -OCH3 is 1. The van der Waals surface area contributed by atoms with Crippen molar-refractivity contribution in [1.29, 1.82) is 0 Å². The summed E-state index contributed by atoms with van der Waals surface area (Å²) in [7, 11) is 1.58. The third kappa shape index (κ3) is 2.40. The maximum atomic E-state index is 12.2. The van der Waals surface area contributed by atoms with Crippen molar-refractivity contribution >= 4 is 11.9 Å². The van der Waals surface area contributed by atoms with Crippen molar-refractivity contribution in [3.05, 3.63) is 12.3 Å². The fraction of sp³-hybridized carbons (Fsp3) is 0.615. The molecule has 0 bridgehead atoms. The van der Waals surface area contributed by atoms with Crippen molar-refractivity contribution in [3.8, 4) is 5.88 Å². The van der Waals surface area contributed by atoms with Gasteiger partial charge in [0.1, 0.15) is 0 Å². The monoisotopic (exact) mass is 278 g/mol. The van der Waals surface area contributed by atoms with Gasteiger partial charge in [0.05, 0.1) is 13.7 Å². The van der Waals surface area contributed by atoms with E-state index in [0.29, 0.717) is 31.5 Å². The SMILES string of the molecule is COc1ccnc(N2CCN(C(=O)C3(C)CO3)CC2)n1. The van der Waals surface area contributed by atoms with Crippen molar-refractivity contribution < 1.29 is 14.3 Å². The zero-order valence-electron chi connectivity index (χ0n) is 11.7. The molecule has 0 aliphatic carbocycles. The third-order valence-corrected chi connectivity index (χ3v) is 3.71. The number of hydrogen-bond donors (Lipinski definition) is 0. The Labute approximate surface area is 117 Å². The van der Waals surface area contributed by atoms with Crippen molar-refractivity contribution in [2.24, 2.45) is 0 Å². The van der Waals surface area contributed by atoms with Gasteiger partial charge in [-0.25, -0.2) is 4.98 Å². The lowest BCUT2D eigenvalue weighted by Crippen LogP contribution is -2.52. The molecule has 3 rings (SSSR count). The van der Waals surface area contributed by atoms with Crippen LogP contribution in [0.15, 0.2) is 12.3 Å². The van der Waals surface area contributed by atoms with Crippen LogP contribution >= 0.6 is 0 Å². The van der Waals surface area contributed by atoms with Crippen molar-refractivity contribution in [2.45, 2.75) is 12.5 Å². The maximum Gasteiger partial charge on any atom is 0.257 e. The molecule has 1 amide bonds. The van der Waals surface area contributed by atoms with Gasteiger partial charge in [-0.3, -0.25) is 4.79 Å². The molecule has 1 atom stereocenters. The molecule has 2 saturated heterocycles. The van der Waals surface area contributed by atoms with E-state index in [1.54, 1.807) is 19.4 Å². The van der Waals surface area contributed by atoms with Crippen molar-refractivity contribution in [3.63, 3.8) is 0 Å². The van der Waals surface area contributed by atoms with Crippen LogP contribution in [-0.2, 0) is 9.53 Å².